The lowest BCUT2D eigenvalue weighted by atomic mass is 9.96. The minimum atomic E-state index is -1.98. The highest BCUT2D eigenvalue weighted by molar-refractivity contribution is 5.76. The summed E-state index contributed by atoms with van der Waals surface area (Å²) in [6.45, 7) is 1.48. The Morgan fingerprint density at radius 3 is 1.24 bits per heavy atom. The molecular formula is C67H109NO18. The van der Waals surface area contributed by atoms with E-state index in [9.17, 15) is 61.0 Å². The van der Waals surface area contributed by atoms with E-state index in [1.165, 1.54) is 0 Å². The van der Waals surface area contributed by atoms with Gasteiger partial charge < -0.3 is 89.9 Å². The summed E-state index contributed by atoms with van der Waals surface area (Å²) in [5, 5.41) is 119. The largest absolute Gasteiger partial charge is 0.394 e. The number of unbranched alkanes of at least 4 members (excludes halogenated alkanes) is 9. The van der Waals surface area contributed by atoms with Crippen LogP contribution in [0.5, 0.6) is 0 Å². The number of hydrogen-bond donors (Lipinski definition) is 12. The number of ether oxygens (including phenoxy) is 6. The molecule has 3 aliphatic rings. The summed E-state index contributed by atoms with van der Waals surface area (Å²) < 4.78 is 34.1. The number of nitrogens with one attached hydrogen (secondary N) is 1. The van der Waals surface area contributed by atoms with Gasteiger partial charge in [-0.2, -0.15) is 0 Å². The van der Waals surface area contributed by atoms with Gasteiger partial charge in [-0.05, 0) is 89.9 Å². The van der Waals surface area contributed by atoms with Crippen molar-refractivity contribution < 1.29 is 89.4 Å². The predicted octanol–water partition coefficient (Wildman–Crippen LogP) is 6.87. The van der Waals surface area contributed by atoms with Crippen LogP contribution in [0.15, 0.2) is 122 Å². The molecule has 0 aliphatic carbocycles. The summed E-state index contributed by atoms with van der Waals surface area (Å²) >= 11 is 0. The zero-order valence-electron chi connectivity index (χ0n) is 51.2. The molecule has 17 atom stereocenters. The molecule has 12 N–H and O–H groups in total. The molecule has 3 heterocycles. The molecule has 0 aromatic heterocycles. The zero-order chi connectivity index (χ0) is 62.6. The molecule has 490 valence electrons. The second-order valence-corrected chi connectivity index (χ2v) is 22.1. The van der Waals surface area contributed by atoms with E-state index >= 15 is 0 Å². The van der Waals surface area contributed by atoms with Gasteiger partial charge in [0.2, 0.25) is 5.91 Å². The van der Waals surface area contributed by atoms with Crippen molar-refractivity contribution >= 4 is 5.91 Å². The van der Waals surface area contributed by atoms with Crippen molar-refractivity contribution in [3.05, 3.63) is 122 Å². The van der Waals surface area contributed by atoms with Crippen molar-refractivity contribution in [1.29, 1.82) is 0 Å². The first-order chi connectivity index (χ1) is 41.8. The first kappa shape index (κ1) is 76.4. The van der Waals surface area contributed by atoms with Crippen molar-refractivity contribution in [2.45, 2.75) is 266 Å². The van der Waals surface area contributed by atoms with E-state index in [-0.39, 0.29) is 18.9 Å². The fourth-order valence-corrected chi connectivity index (χ4v) is 9.87. The molecular weight excluding hydrogens is 1110 g/mol. The molecule has 86 heavy (non-hydrogen) atoms. The summed E-state index contributed by atoms with van der Waals surface area (Å²) in [6.07, 6.45) is 38.3. The third-order valence-corrected chi connectivity index (χ3v) is 15.1. The lowest BCUT2D eigenvalue weighted by Crippen LogP contribution is -2.66. The van der Waals surface area contributed by atoms with Crippen LogP contribution < -0.4 is 5.32 Å². The molecule has 19 heteroatoms. The number of carbonyl (C=O) groups excluding carboxylic acids is 1. The van der Waals surface area contributed by atoms with E-state index in [1.807, 2.05) is 0 Å². The van der Waals surface area contributed by atoms with Gasteiger partial charge in [-0.1, -0.05) is 187 Å². The summed E-state index contributed by atoms with van der Waals surface area (Å²) in [5.74, 6) is -0.274. The van der Waals surface area contributed by atoms with Crippen LogP contribution in [0.2, 0.25) is 0 Å². The maximum Gasteiger partial charge on any atom is 0.220 e. The van der Waals surface area contributed by atoms with Gasteiger partial charge in [0.15, 0.2) is 18.9 Å². The third kappa shape index (κ3) is 30.6. The van der Waals surface area contributed by atoms with Gasteiger partial charge in [-0.25, -0.2) is 0 Å². The fourth-order valence-electron chi connectivity index (χ4n) is 9.87. The second kappa shape index (κ2) is 48.1. The van der Waals surface area contributed by atoms with Gasteiger partial charge in [0.25, 0.3) is 0 Å². The monoisotopic (exact) mass is 1220 g/mol. The maximum absolute atomic E-state index is 13.2. The minimum Gasteiger partial charge on any atom is -0.394 e. The Bertz CT molecular complexity index is 2030. The van der Waals surface area contributed by atoms with Crippen LogP contribution in [0.25, 0.3) is 0 Å². The topological polar surface area (TPSA) is 307 Å². The molecule has 0 aromatic carbocycles. The van der Waals surface area contributed by atoms with Crippen molar-refractivity contribution in [3.63, 3.8) is 0 Å². The number of allylic oxidation sites excluding steroid dienone is 20. The summed E-state index contributed by atoms with van der Waals surface area (Å²) in [6, 6.07) is -0.900. The van der Waals surface area contributed by atoms with E-state index < -0.39 is 124 Å². The smallest absolute Gasteiger partial charge is 0.220 e. The Labute approximate surface area is 512 Å². The van der Waals surface area contributed by atoms with Gasteiger partial charge in [0.1, 0.15) is 73.2 Å². The minimum absolute atomic E-state index is 0.238. The van der Waals surface area contributed by atoms with E-state index in [4.69, 9.17) is 28.4 Å². The van der Waals surface area contributed by atoms with Crippen LogP contribution in [0.1, 0.15) is 162 Å². The number of carbonyl (C=O) groups is 1. The molecule has 0 bridgehead atoms. The maximum atomic E-state index is 13.2. The molecule has 3 aliphatic heterocycles. The van der Waals surface area contributed by atoms with Crippen LogP contribution in [0.4, 0.5) is 0 Å². The Morgan fingerprint density at radius 1 is 0.430 bits per heavy atom. The van der Waals surface area contributed by atoms with Gasteiger partial charge in [0, 0.05) is 6.42 Å². The number of rotatable bonds is 45. The Morgan fingerprint density at radius 2 is 0.802 bits per heavy atom. The van der Waals surface area contributed by atoms with Crippen molar-refractivity contribution in [2.75, 3.05) is 26.4 Å². The van der Waals surface area contributed by atoms with Crippen LogP contribution in [-0.2, 0) is 33.2 Å². The number of aliphatic hydroxyl groups excluding tert-OH is 11. The lowest BCUT2D eigenvalue weighted by Gasteiger charge is -2.48. The molecule has 0 radical (unpaired) electrons. The Balaban J connectivity index is 1.29. The van der Waals surface area contributed by atoms with Gasteiger partial charge in [0.05, 0.1) is 38.6 Å². The van der Waals surface area contributed by atoms with Gasteiger partial charge >= 0.3 is 0 Å². The lowest BCUT2D eigenvalue weighted by molar-refractivity contribution is -0.379. The predicted molar refractivity (Wildman–Crippen MR) is 332 cm³/mol. The van der Waals surface area contributed by atoms with Crippen LogP contribution in [0, 0.1) is 0 Å². The van der Waals surface area contributed by atoms with Crippen LogP contribution >= 0.6 is 0 Å². The SMILES string of the molecule is CC/C=C\C/C=C\C/C=C\C/C=C\C/C=C\C/C=C\C/C=C\C/C=C\C/C=C\C/C=C\CCCCCCCCC(=O)NC(COC1OC(CO)C(OC2OC(CO)C(OC3OC(CO)C(O)C(O)C3O)C(O)C2O)C(O)C1O)C(O)CCCCCC. The Kier molecular flexibility index (Phi) is 42.7. The fraction of sp³-hybridized carbons (Fsp3) is 0.687. The quantitative estimate of drug-likeness (QED) is 0.0219. The molecule has 1 amide bonds. The second-order valence-electron chi connectivity index (χ2n) is 22.1. The summed E-state index contributed by atoms with van der Waals surface area (Å²) in [5.41, 5.74) is 0. The summed E-state index contributed by atoms with van der Waals surface area (Å²) in [4.78, 5) is 13.2. The van der Waals surface area contributed by atoms with Crippen molar-refractivity contribution in [3.8, 4) is 0 Å². The number of aliphatic hydroxyl groups is 11. The highest BCUT2D eigenvalue weighted by Crippen LogP contribution is 2.33. The standard InChI is InChI=1S/C67H109NO18/c1-3-5-7-9-10-11-12-13-14-15-16-17-18-19-20-21-22-23-24-25-26-27-28-29-30-31-32-33-34-35-36-37-38-39-40-41-43-45-55(73)68-50(51(72)44-42-8-6-4-2)49-81-65-61(79)58(76)63(53(47-70)83-65)86-67-62(80)59(77)64(54(48-71)84-67)85-66-60(78)57(75)56(74)52(46-69)82-66/h5,7,10-11,13-14,16-17,19-20,22-23,25-26,28-29,31-32,34-35,50-54,56-67,69-72,74-80H,3-4,6,8-9,12,15,18,21,24,27,30,33,36-49H2,1-2H3,(H,68,73)/b7-5-,11-10-,14-13-,17-16-,20-19-,23-22-,26-25-,29-28-,32-31-,35-34-. The highest BCUT2D eigenvalue weighted by atomic mass is 16.8. The molecule has 3 rings (SSSR count). The average Bonchev–Trinajstić information content (AvgIpc) is 1.41. The molecule has 19 nitrogen and oxygen atoms in total. The van der Waals surface area contributed by atoms with Crippen LogP contribution in [0.3, 0.4) is 0 Å². The number of amides is 1. The molecule has 0 saturated carbocycles. The molecule has 3 fully saturated rings. The average molecular weight is 1220 g/mol. The number of hydrogen-bond acceptors (Lipinski definition) is 18. The van der Waals surface area contributed by atoms with Crippen molar-refractivity contribution in [2.24, 2.45) is 0 Å². The van der Waals surface area contributed by atoms with Crippen LogP contribution in [-0.4, -0.2) is 193 Å². The normalized spacial score (nSPS) is 29.6. The van der Waals surface area contributed by atoms with E-state index in [1.54, 1.807) is 0 Å². The van der Waals surface area contributed by atoms with E-state index in [2.05, 4.69) is 141 Å². The van der Waals surface area contributed by atoms with E-state index in [0.717, 1.165) is 122 Å². The zero-order valence-corrected chi connectivity index (χ0v) is 51.2. The molecule has 3 saturated heterocycles. The van der Waals surface area contributed by atoms with Gasteiger partial charge in [-0.15, -0.1) is 0 Å². The molecule has 0 spiro atoms. The van der Waals surface area contributed by atoms with Gasteiger partial charge in [-0.3, -0.25) is 4.79 Å². The first-order valence-corrected chi connectivity index (χ1v) is 31.8. The first-order valence-electron chi connectivity index (χ1n) is 31.8. The summed E-state index contributed by atoms with van der Waals surface area (Å²) in [7, 11) is 0. The third-order valence-electron chi connectivity index (χ3n) is 15.1. The highest BCUT2D eigenvalue weighted by Gasteiger charge is 2.53. The Hall–Kier alpha value is -3.81. The molecule has 17 unspecified atom stereocenters. The van der Waals surface area contributed by atoms with E-state index in [0.29, 0.717) is 19.3 Å². The molecule has 0 aromatic rings. The van der Waals surface area contributed by atoms with Crippen molar-refractivity contribution in [1.82, 2.24) is 5.32 Å².